The van der Waals surface area contributed by atoms with Gasteiger partial charge in [0.1, 0.15) is 6.54 Å². The van der Waals surface area contributed by atoms with Crippen molar-refractivity contribution in [3.63, 3.8) is 0 Å². The molecule has 0 aliphatic heterocycles. The predicted octanol–water partition coefficient (Wildman–Crippen LogP) is 6.36. The summed E-state index contributed by atoms with van der Waals surface area (Å²) < 4.78 is 67.8. The SMILES string of the molecule is Cc1cc(C)c([C@H](C)NC(=O)CN(c2cc(C(F)(F)F)ccc2Cl)S(=O)(=O)c2ccccc2)cc1C. The fourth-order valence-corrected chi connectivity index (χ4v) is 5.57. The molecule has 5 nitrogen and oxygen atoms in total. The Hall–Kier alpha value is -3.04. The molecule has 36 heavy (non-hydrogen) atoms. The summed E-state index contributed by atoms with van der Waals surface area (Å²) >= 11 is 6.17. The first-order valence-electron chi connectivity index (χ1n) is 11.0. The first kappa shape index (κ1) is 27.5. The molecule has 1 atom stereocenters. The summed E-state index contributed by atoms with van der Waals surface area (Å²) in [5, 5.41) is 2.52. The van der Waals surface area contributed by atoms with Crippen molar-refractivity contribution in [1.82, 2.24) is 5.32 Å². The zero-order valence-electron chi connectivity index (χ0n) is 20.2. The second-order valence-electron chi connectivity index (χ2n) is 8.57. The monoisotopic (exact) mass is 538 g/mol. The lowest BCUT2D eigenvalue weighted by molar-refractivity contribution is -0.137. The minimum Gasteiger partial charge on any atom is -0.348 e. The van der Waals surface area contributed by atoms with Crippen molar-refractivity contribution in [2.45, 2.75) is 44.8 Å². The van der Waals surface area contributed by atoms with Crippen molar-refractivity contribution >= 4 is 33.2 Å². The Bertz CT molecular complexity index is 1380. The van der Waals surface area contributed by atoms with Crippen LogP contribution in [0.5, 0.6) is 0 Å². The van der Waals surface area contributed by atoms with Crippen molar-refractivity contribution in [3.05, 3.63) is 93.5 Å². The van der Waals surface area contributed by atoms with Crippen LogP contribution in [0.2, 0.25) is 5.02 Å². The van der Waals surface area contributed by atoms with Crippen LogP contribution in [-0.2, 0) is 21.0 Å². The Balaban J connectivity index is 2.01. The predicted molar refractivity (Wildman–Crippen MR) is 135 cm³/mol. The smallest absolute Gasteiger partial charge is 0.348 e. The van der Waals surface area contributed by atoms with Crippen LogP contribution in [0, 0.1) is 20.8 Å². The zero-order chi connectivity index (χ0) is 26.8. The molecule has 0 aromatic heterocycles. The Morgan fingerprint density at radius 1 is 0.972 bits per heavy atom. The maximum absolute atomic E-state index is 13.5. The van der Waals surface area contributed by atoms with E-state index < -0.39 is 45.9 Å². The third-order valence-corrected chi connectivity index (χ3v) is 7.98. The topological polar surface area (TPSA) is 66.5 Å². The number of aryl methyl sites for hydroxylation is 3. The number of carbonyl (C=O) groups is 1. The van der Waals surface area contributed by atoms with E-state index in [0.29, 0.717) is 10.4 Å². The van der Waals surface area contributed by atoms with Gasteiger partial charge in [-0.05, 0) is 80.3 Å². The number of hydrogen-bond donors (Lipinski definition) is 1. The van der Waals surface area contributed by atoms with Crippen LogP contribution >= 0.6 is 11.6 Å². The highest BCUT2D eigenvalue weighted by Gasteiger charge is 2.34. The molecule has 0 aliphatic rings. The quantitative estimate of drug-likeness (QED) is 0.381. The Morgan fingerprint density at radius 3 is 2.19 bits per heavy atom. The molecule has 0 bridgehead atoms. The number of benzene rings is 3. The van der Waals surface area contributed by atoms with E-state index in [2.05, 4.69) is 5.32 Å². The molecule has 0 unspecified atom stereocenters. The van der Waals surface area contributed by atoms with Crippen molar-refractivity contribution in [1.29, 1.82) is 0 Å². The van der Waals surface area contributed by atoms with E-state index >= 15 is 0 Å². The van der Waals surface area contributed by atoms with Crippen molar-refractivity contribution < 1.29 is 26.4 Å². The molecule has 0 heterocycles. The summed E-state index contributed by atoms with van der Waals surface area (Å²) in [6, 6.07) is 12.9. The number of hydrogen-bond acceptors (Lipinski definition) is 3. The summed E-state index contributed by atoms with van der Waals surface area (Å²) in [5.41, 5.74) is 2.38. The number of amides is 1. The molecule has 0 spiro atoms. The van der Waals surface area contributed by atoms with E-state index in [1.807, 2.05) is 32.9 Å². The van der Waals surface area contributed by atoms with E-state index in [4.69, 9.17) is 11.6 Å². The van der Waals surface area contributed by atoms with E-state index in [1.165, 1.54) is 24.3 Å². The summed E-state index contributed by atoms with van der Waals surface area (Å²) in [6.45, 7) is 6.80. The van der Waals surface area contributed by atoms with Gasteiger partial charge in [0.15, 0.2) is 0 Å². The first-order chi connectivity index (χ1) is 16.7. The minimum absolute atomic E-state index is 0.190. The molecule has 0 aliphatic carbocycles. The number of nitrogens with zero attached hydrogens (tertiary/aromatic N) is 1. The van der Waals surface area contributed by atoms with E-state index in [0.717, 1.165) is 34.4 Å². The molecular formula is C26H26ClF3N2O3S. The van der Waals surface area contributed by atoms with Gasteiger partial charge in [0.2, 0.25) is 5.91 Å². The number of nitrogens with one attached hydrogen (secondary N) is 1. The number of alkyl halides is 3. The molecule has 1 N–H and O–H groups in total. The Kier molecular flexibility index (Phi) is 8.05. The summed E-state index contributed by atoms with van der Waals surface area (Å²) in [6.07, 6.45) is -4.74. The van der Waals surface area contributed by atoms with Gasteiger partial charge in [-0.15, -0.1) is 0 Å². The highest BCUT2D eigenvalue weighted by Crippen LogP contribution is 2.37. The van der Waals surface area contributed by atoms with Crippen LogP contribution in [0.3, 0.4) is 0 Å². The van der Waals surface area contributed by atoms with E-state index in [1.54, 1.807) is 13.0 Å². The molecule has 3 aromatic carbocycles. The molecule has 0 fully saturated rings. The maximum atomic E-state index is 13.5. The zero-order valence-corrected chi connectivity index (χ0v) is 21.7. The van der Waals surface area contributed by atoms with Crippen molar-refractivity contribution in [3.8, 4) is 0 Å². The molecule has 0 radical (unpaired) electrons. The number of sulfonamides is 1. The first-order valence-corrected chi connectivity index (χ1v) is 12.8. The van der Waals surface area contributed by atoms with Crippen molar-refractivity contribution in [2.24, 2.45) is 0 Å². The molecule has 0 saturated heterocycles. The Morgan fingerprint density at radius 2 is 1.58 bits per heavy atom. The average Bonchev–Trinajstić information content (AvgIpc) is 2.80. The molecule has 3 rings (SSSR count). The normalized spacial score (nSPS) is 12.8. The molecule has 10 heteroatoms. The second kappa shape index (κ2) is 10.5. The summed E-state index contributed by atoms with van der Waals surface area (Å²) in [7, 11) is -4.43. The molecular weight excluding hydrogens is 513 g/mol. The van der Waals surface area contributed by atoms with E-state index in [-0.39, 0.29) is 9.92 Å². The lowest BCUT2D eigenvalue weighted by Gasteiger charge is -2.27. The van der Waals surface area contributed by atoms with Gasteiger partial charge in [-0.2, -0.15) is 13.2 Å². The molecule has 1 amide bonds. The van der Waals surface area contributed by atoms with Crippen molar-refractivity contribution in [2.75, 3.05) is 10.8 Å². The number of halogens is 4. The Labute approximate surface area is 213 Å². The summed E-state index contributed by atoms with van der Waals surface area (Å²) in [4.78, 5) is 12.9. The third-order valence-electron chi connectivity index (χ3n) is 5.89. The van der Waals surface area contributed by atoms with Gasteiger partial charge < -0.3 is 5.32 Å². The molecule has 192 valence electrons. The second-order valence-corrected chi connectivity index (χ2v) is 10.8. The van der Waals surface area contributed by atoms with Crippen LogP contribution in [0.15, 0.2) is 65.6 Å². The van der Waals surface area contributed by atoms with Crippen LogP contribution in [0.1, 0.15) is 40.8 Å². The van der Waals surface area contributed by atoms with Gasteiger partial charge in [-0.1, -0.05) is 41.9 Å². The van der Waals surface area contributed by atoms with Crippen LogP contribution < -0.4 is 9.62 Å². The highest BCUT2D eigenvalue weighted by atomic mass is 35.5. The number of carbonyl (C=O) groups excluding carboxylic acids is 1. The minimum atomic E-state index is -4.74. The molecule has 3 aromatic rings. The standard InChI is InChI=1S/C26H26ClF3N2O3S/c1-16-12-18(3)22(13-17(16)2)19(4)31-25(33)15-32(36(34,35)21-8-6-5-7-9-21)24-14-20(26(28,29)30)10-11-23(24)27/h5-14,19H,15H2,1-4H3,(H,31,33)/t19-/m0/s1. The molecule has 0 saturated carbocycles. The van der Waals surface area contributed by atoms with Gasteiger partial charge in [0.25, 0.3) is 10.0 Å². The van der Waals surface area contributed by atoms with Gasteiger partial charge in [-0.3, -0.25) is 9.10 Å². The number of rotatable bonds is 7. The van der Waals surface area contributed by atoms with Crippen LogP contribution in [0.4, 0.5) is 18.9 Å². The van der Waals surface area contributed by atoms with Gasteiger partial charge in [-0.25, -0.2) is 8.42 Å². The fourth-order valence-electron chi connectivity index (χ4n) is 3.84. The van der Waals surface area contributed by atoms with Gasteiger partial charge >= 0.3 is 6.18 Å². The number of anilines is 1. The van der Waals surface area contributed by atoms with Gasteiger partial charge in [0.05, 0.1) is 27.2 Å². The summed E-state index contributed by atoms with van der Waals surface area (Å²) in [5.74, 6) is -0.701. The average molecular weight is 539 g/mol. The van der Waals surface area contributed by atoms with Crippen LogP contribution in [0.25, 0.3) is 0 Å². The van der Waals surface area contributed by atoms with E-state index in [9.17, 15) is 26.4 Å². The lowest BCUT2D eigenvalue weighted by atomic mass is 9.96. The third kappa shape index (κ3) is 6.02. The largest absolute Gasteiger partial charge is 0.416 e. The lowest BCUT2D eigenvalue weighted by Crippen LogP contribution is -2.42. The van der Waals surface area contributed by atoms with Gasteiger partial charge in [0, 0.05) is 0 Å². The van der Waals surface area contributed by atoms with Crippen LogP contribution in [-0.4, -0.2) is 20.9 Å². The highest BCUT2D eigenvalue weighted by molar-refractivity contribution is 7.92. The fraction of sp³-hybridized carbons (Fsp3) is 0.269. The maximum Gasteiger partial charge on any atom is 0.416 e.